The summed E-state index contributed by atoms with van der Waals surface area (Å²) in [5.41, 5.74) is 12.9. The summed E-state index contributed by atoms with van der Waals surface area (Å²) in [6.45, 7) is 9.25. The summed E-state index contributed by atoms with van der Waals surface area (Å²) < 4.78 is 0. The van der Waals surface area contributed by atoms with Gasteiger partial charge in [0.05, 0.1) is 0 Å². The zero-order valence-corrected chi connectivity index (χ0v) is 26.9. The molecule has 0 bridgehead atoms. The van der Waals surface area contributed by atoms with E-state index in [1.165, 1.54) is 11.1 Å². The number of rotatable bonds is 11. The first-order valence-corrected chi connectivity index (χ1v) is 16.6. The second-order valence-electron chi connectivity index (χ2n) is 12.2. The molecule has 9 heteroatoms. The first-order valence-electron chi connectivity index (χ1n) is 16.6. The topological polar surface area (TPSA) is 107 Å². The third-order valence-corrected chi connectivity index (χ3v) is 9.35. The van der Waals surface area contributed by atoms with Gasteiger partial charge in [0.1, 0.15) is 6.04 Å². The van der Waals surface area contributed by atoms with Crippen molar-refractivity contribution in [3.05, 3.63) is 89.2 Å². The Morgan fingerprint density at radius 1 is 0.867 bits per heavy atom. The van der Waals surface area contributed by atoms with Gasteiger partial charge in [0, 0.05) is 75.5 Å². The van der Waals surface area contributed by atoms with Crippen molar-refractivity contribution in [1.29, 1.82) is 0 Å². The van der Waals surface area contributed by atoms with Gasteiger partial charge in [0.15, 0.2) is 0 Å². The second-order valence-corrected chi connectivity index (χ2v) is 12.2. The fourth-order valence-corrected chi connectivity index (χ4v) is 6.58. The number of para-hydroxylation sites is 1. The van der Waals surface area contributed by atoms with E-state index in [9.17, 15) is 9.59 Å². The Balaban J connectivity index is 1.19. The highest BCUT2D eigenvalue weighted by Crippen LogP contribution is 2.19. The lowest BCUT2D eigenvalue weighted by molar-refractivity contribution is -0.133. The lowest BCUT2D eigenvalue weighted by Crippen LogP contribution is -2.58. The van der Waals surface area contributed by atoms with Crippen LogP contribution in [0.5, 0.6) is 0 Å². The highest BCUT2D eigenvalue weighted by Gasteiger charge is 2.31. The first-order chi connectivity index (χ1) is 21.9. The molecule has 0 spiro atoms. The quantitative estimate of drug-likeness (QED) is 0.283. The van der Waals surface area contributed by atoms with E-state index >= 15 is 0 Å². The van der Waals surface area contributed by atoms with Crippen LogP contribution < -0.4 is 21.3 Å². The number of hydrogen-bond acceptors (Lipinski definition) is 6. The van der Waals surface area contributed by atoms with E-state index in [0.29, 0.717) is 38.6 Å². The molecule has 1 aromatic heterocycles. The van der Waals surface area contributed by atoms with Crippen molar-refractivity contribution < 1.29 is 9.59 Å². The Hall–Kier alpha value is -4.11. The number of aryl methyl sites for hydroxylation is 2. The second kappa shape index (κ2) is 15.8. The molecule has 0 aliphatic carbocycles. The predicted molar refractivity (Wildman–Crippen MR) is 181 cm³/mol. The van der Waals surface area contributed by atoms with Crippen LogP contribution in [0.25, 0.3) is 0 Å². The van der Waals surface area contributed by atoms with E-state index in [4.69, 9.17) is 5.73 Å². The van der Waals surface area contributed by atoms with Gasteiger partial charge in [0.2, 0.25) is 5.91 Å². The Bertz CT molecular complexity index is 1400. The predicted octanol–water partition coefficient (Wildman–Crippen LogP) is 4.05. The minimum Gasteiger partial charge on any atom is -0.399 e. The van der Waals surface area contributed by atoms with Crippen molar-refractivity contribution in [1.82, 2.24) is 25.4 Å². The number of piperidine rings is 1. The summed E-state index contributed by atoms with van der Waals surface area (Å²) in [4.78, 5) is 37.8. The average molecular weight is 612 g/mol. The number of nitrogens with two attached hydrogens (primary N) is 1. The number of nitrogens with zero attached hydrogens (tertiary/aromatic N) is 4. The van der Waals surface area contributed by atoms with E-state index in [2.05, 4.69) is 58.6 Å². The molecule has 0 saturated carbocycles. The number of benzene rings is 2. The molecular weight excluding hydrogens is 562 g/mol. The molecule has 2 aliphatic heterocycles. The van der Waals surface area contributed by atoms with E-state index in [0.717, 1.165) is 74.2 Å². The maximum atomic E-state index is 14.0. The normalized spacial score (nSPS) is 16.4. The third kappa shape index (κ3) is 8.54. The van der Waals surface area contributed by atoms with Crippen molar-refractivity contribution in [2.45, 2.75) is 64.5 Å². The number of pyridine rings is 1. The van der Waals surface area contributed by atoms with Crippen molar-refractivity contribution in [2.24, 2.45) is 0 Å². The number of aromatic nitrogens is 1. The Kier molecular flexibility index (Phi) is 11.3. The molecule has 3 amide bonds. The lowest BCUT2D eigenvalue weighted by atomic mass is 9.96. The Morgan fingerprint density at radius 2 is 1.58 bits per heavy atom. The molecule has 9 nitrogen and oxygen atoms in total. The minimum atomic E-state index is -0.616. The largest absolute Gasteiger partial charge is 0.399 e. The Morgan fingerprint density at radius 3 is 2.27 bits per heavy atom. The van der Waals surface area contributed by atoms with Gasteiger partial charge in [-0.25, -0.2) is 4.79 Å². The molecular formula is C36H49N7O2. The van der Waals surface area contributed by atoms with Crippen LogP contribution in [-0.2, 0) is 30.5 Å². The fraction of sp³-hybridized carbons (Fsp3) is 0.472. The van der Waals surface area contributed by atoms with Crippen LogP contribution in [0.3, 0.4) is 0 Å². The van der Waals surface area contributed by atoms with Crippen LogP contribution >= 0.6 is 0 Å². The lowest BCUT2D eigenvalue weighted by Gasteiger charge is -2.38. The molecule has 2 fully saturated rings. The molecule has 3 heterocycles. The van der Waals surface area contributed by atoms with Crippen LogP contribution in [-0.4, -0.2) is 84.6 Å². The van der Waals surface area contributed by atoms with Gasteiger partial charge in [-0.15, -0.1) is 0 Å². The number of anilines is 2. The molecule has 1 atom stereocenters. The summed E-state index contributed by atoms with van der Waals surface area (Å²) in [7, 11) is 0. The van der Waals surface area contributed by atoms with Gasteiger partial charge >= 0.3 is 6.03 Å². The van der Waals surface area contributed by atoms with Gasteiger partial charge in [-0.05, 0) is 79.1 Å². The molecule has 3 aromatic rings. The SMILES string of the molecule is CCc1ccc(C[C@@H](NC(=O)N2CCC(NCCc3ccccc3N)CC2)C(=O)N2CCN(c3ccncc3)CC2)cc1CC. The van der Waals surface area contributed by atoms with Gasteiger partial charge in [-0.3, -0.25) is 9.78 Å². The van der Waals surface area contributed by atoms with Gasteiger partial charge < -0.3 is 31.1 Å². The molecule has 240 valence electrons. The molecule has 4 N–H and O–H groups in total. The molecule has 5 rings (SSSR count). The van der Waals surface area contributed by atoms with Crippen LogP contribution in [0.4, 0.5) is 16.2 Å². The standard InChI is InChI=1S/C36H49N7O2/c1-3-28-10-9-27(25-29(28)4-2)26-34(35(44)42-23-21-41(22-24-42)32-12-16-38-17-13-32)40-36(45)43-19-14-31(15-20-43)39-18-11-30-7-5-6-8-33(30)37/h5-10,12-13,16-17,25,31,34,39H,3-4,11,14-15,18-24,26,37H2,1-2H3,(H,40,45)/t34-/m1/s1. The summed E-state index contributed by atoms with van der Waals surface area (Å²) in [5, 5.41) is 6.81. The monoisotopic (exact) mass is 611 g/mol. The number of nitrogens with one attached hydrogen (secondary N) is 2. The number of nitrogen functional groups attached to an aromatic ring is 1. The minimum absolute atomic E-state index is 0.00733. The van der Waals surface area contributed by atoms with Crippen molar-refractivity contribution in [3.63, 3.8) is 0 Å². The number of urea groups is 1. The van der Waals surface area contributed by atoms with Crippen LogP contribution in [0.1, 0.15) is 48.9 Å². The molecule has 2 aliphatic rings. The Labute approximate surface area is 268 Å². The van der Waals surface area contributed by atoms with Gasteiger partial charge in [0.25, 0.3) is 0 Å². The van der Waals surface area contributed by atoms with Crippen LogP contribution in [0.15, 0.2) is 67.0 Å². The van der Waals surface area contributed by atoms with E-state index in [1.54, 1.807) is 12.4 Å². The maximum absolute atomic E-state index is 14.0. The van der Waals surface area contributed by atoms with Crippen molar-refractivity contribution in [2.75, 3.05) is 56.4 Å². The van der Waals surface area contributed by atoms with Crippen molar-refractivity contribution in [3.8, 4) is 0 Å². The highest BCUT2D eigenvalue weighted by molar-refractivity contribution is 5.87. The number of hydrogen-bond donors (Lipinski definition) is 3. The maximum Gasteiger partial charge on any atom is 0.318 e. The summed E-state index contributed by atoms with van der Waals surface area (Å²) in [6.07, 6.45) is 8.65. The van der Waals surface area contributed by atoms with E-state index < -0.39 is 6.04 Å². The van der Waals surface area contributed by atoms with Gasteiger partial charge in [-0.1, -0.05) is 50.2 Å². The first kappa shape index (κ1) is 32.3. The number of amides is 3. The average Bonchev–Trinajstić information content (AvgIpc) is 3.09. The number of piperazine rings is 1. The highest BCUT2D eigenvalue weighted by atomic mass is 16.2. The van der Waals surface area contributed by atoms with Crippen LogP contribution in [0, 0.1) is 0 Å². The zero-order valence-electron chi connectivity index (χ0n) is 26.9. The molecule has 0 radical (unpaired) electrons. The van der Waals surface area contributed by atoms with Crippen molar-refractivity contribution >= 4 is 23.3 Å². The fourth-order valence-electron chi connectivity index (χ4n) is 6.58. The molecule has 2 saturated heterocycles. The number of likely N-dealkylation sites (tertiary alicyclic amines) is 1. The third-order valence-electron chi connectivity index (χ3n) is 9.35. The number of carbonyl (C=O) groups excluding carboxylic acids is 2. The smallest absolute Gasteiger partial charge is 0.318 e. The zero-order chi connectivity index (χ0) is 31.6. The summed E-state index contributed by atoms with van der Waals surface area (Å²) in [6, 6.07) is 18.1. The van der Waals surface area contributed by atoms with E-state index in [1.807, 2.05) is 40.1 Å². The summed E-state index contributed by atoms with van der Waals surface area (Å²) >= 11 is 0. The van der Waals surface area contributed by atoms with Crippen LogP contribution in [0.2, 0.25) is 0 Å². The molecule has 2 aromatic carbocycles. The van der Waals surface area contributed by atoms with Gasteiger partial charge in [-0.2, -0.15) is 0 Å². The van der Waals surface area contributed by atoms with E-state index in [-0.39, 0.29) is 11.9 Å². The molecule has 0 unspecified atom stereocenters. The molecule has 45 heavy (non-hydrogen) atoms. The number of carbonyl (C=O) groups is 2. The summed E-state index contributed by atoms with van der Waals surface area (Å²) in [5.74, 6) is -0.00733.